The molecule has 35 heavy (non-hydrogen) atoms. The molecular formula is C26H24N2O6S. The first kappa shape index (κ1) is 25.3. The summed E-state index contributed by atoms with van der Waals surface area (Å²) >= 11 is 0. The molecule has 9 heteroatoms. The van der Waals surface area contributed by atoms with E-state index in [1.54, 1.807) is 25.1 Å². The van der Waals surface area contributed by atoms with Crippen LogP contribution in [-0.2, 0) is 14.9 Å². The third kappa shape index (κ3) is 6.62. The maximum Gasteiger partial charge on any atom is 0.339 e. The summed E-state index contributed by atoms with van der Waals surface area (Å²) in [6.45, 7) is 3.87. The van der Waals surface area contributed by atoms with Crippen molar-refractivity contribution in [3.05, 3.63) is 83.4 Å². The predicted molar refractivity (Wildman–Crippen MR) is 132 cm³/mol. The van der Waals surface area contributed by atoms with Gasteiger partial charge in [0.15, 0.2) is 11.5 Å². The van der Waals surface area contributed by atoms with Crippen molar-refractivity contribution in [2.24, 2.45) is 0 Å². The van der Waals surface area contributed by atoms with Gasteiger partial charge in [0.2, 0.25) is 0 Å². The normalized spacial score (nSPS) is 11.3. The van der Waals surface area contributed by atoms with Crippen molar-refractivity contribution in [1.82, 2.24) is 0 Å². The first-order chi connectivity index (χ1) is 16.7. The van der Waals surface area contributed by atoms with Gasteiger partial charge in [-0.05, 0) is 79.6 Å². The number of amides is 1. The molecule has 0 aromatic heterocycles. The number of anilines is 1. The number of hydrogen-bond acceptors (Lipinski definition) is 7. The molecule has 3 aromatic carbocycles. The fourth-order valence-electron chi connectivity index (χ4n) is 3.10. The number of benzene rings is 3. The Balaban J connectivity index is 1.86. The fourth-order valence-corrected chi connectivity index (χ4v) is 4.04. The van der Waals surface area contributed by atoms with Gasteiger partial charge in [-0.15, -0.1) is 0 Å². The van der Waals surface area contributed by atoms with Gasteiger partial charge in [-0.2, -0.15) is 13.7 Å². The Kier molecular flexibility index (Phi) is 8.12. The molecule has 1 amide bonds. The minimum absolute atomic E-state index is 0.0254. The van der Waals surface area contributed by atoms with E-state index >= 15 is 0 Å². The minimum atomic E-state index is -4.14. The van der Waals surface area contributed by atoms with Crippen LogP contribution in [0.25, 0.3) is 6.08 Å². The Bertz CT molecular complexity index is 1390. The second-order valence-electron chi connectivity index (χ2n) is 7.35. The Morgan fingerprint density at radius 1 is 1.06 bits per heavy atom. The molecule has 0 saturated heterocycles. The molecule has 0 aliphatic carbocycles. The van der Waals surface area contributed by atoms with Gasteiger partial charge in [-0.1, -0.05) is 18.2 Å². The molecule has 180 valence electrons. The summed E-state index contributed by atoms with van der Waals surface area (Å²) in [6, 6.07) is 19.3. The van der Waals surface area contributed by atoms with E-state index in [9.17, 15) is 18.5 Å². The van der Waals surface area contributed by atoms with E-state index in [2.05, 4.69) is 5.32 Å². The van der Waals surface area contributed by atoms with Crippen LogP contribution in [0.15, 0.2) is 77.2 Å². The standard InChI is InChI=1S/C26H24N2O6S/c1-4-33-25-16-19(15-20(17-27)26(29)28-21-7-5-6-18(2)14-21)8-13-24(25)34-35(30,31)23-11-9-22(32-3)10-12-23/h5-16H,4H2,1-3H3,(H,28,29)/b20-15+. The quantitative estimate of drug-likeness (QED) is 0.261. The van der Waals surface area contributed by atoms with Crippen molar-refractivity contribution in [1.29, 1.82) is 5.26 Å². The van der Waals surface area contributed by atoms with Gasteiger partial charge in [-0.25, -0.2) is 0 Å². The lowest BCUT2D eigenvalue weighted by Crippen LogP contribution is -2.13. The maximum atomic E-state index is 12.7. The first-order valence-electron chi connectivity index (χ1n) is 10.6. The lowest BCUT2D eigenvalue weighted by Gasteiger charge is -2.13. The van der Waals surface area contributed by atoms with Crippen LogP contribution in [0.2, 0.25) is 0 Å². The van der Waals surface area contributed by atoms with Crippen LogP contribution in [0.4, 0.5) is 5.69 Å². The molecule has 3 rings (SSSR count). The van der Waals surface area contributed by atoms with Gasteiger partial charge in [0.25, 0.3) is 5.91 Å². The molecule has 3 aromatic rings. The highest BCUT2D eigenvalue weighted by molar-refractivity contribution is 7.87. The monoisotopic (exact) mass is 492 g/mol. The SMILES string of the molecule is CCOc1cc(/C=C(\C#N)C(=O)Nc2cccc(C)c2)ccc1OS(=O)(=O)c1ccc(OC)cc1. The highest BCUT2D eigenvalue weighted by atomic mass is 32.2. The fraction of sp³-hybridized carbons (Fsp3) is 0.154. The summed E-state index contributed by atoms with van der Waals surface area (Å²) in [6.07, 6.45) is 1.38. The first-order valence-corrected chi connectivity index (χ1v) is 12.0. The lowest BCUT2D eigenvalue weighted by atomic mass is 10.1. The van der Waals surface area contributed by atoms with Gasteiger partial charge in [-0.3, -0.25) is 4.79 Å². The number of hydrogen-bond donors (Lipinski definition) is 1. The number of carbonyl (C=O) groups excluding carboxylic acids is 1. The summed E-state index contributed by atoms with van der Waals surface area (Å²) < 4.78 is 41.4. The number of nitrogens with one attached hydrogen (secondary N) is 1. The van der Waals surface area contributed by atoms with Crippen molar-refractivity contribution in [2.75, 3.05) is 19.0 Å². The molecule has 0 heterocycles. The van der Waals surface area contributed by atoms with Crippen LogP contribution < -0.4 is 19.0 Å². The number of nitriles is 1. The van der Waals surface area contributed by atoms with Gasteiger partial charge in [0, 0.05) is 5.69 Å². The number of methoxy groups -OCH3 is 1. The molecular weight excluding hydrogens is 468 g/mol. The molecule has 0 fully saturated rings. The number of nitrogens with zero attached hydrogens (tertiary/aromatic N) is 1. The number of aryl methyl sites for hydroxylation is 1. The van der Waals surface area contributed by atoms with Crippen LogP contribution in [0, 0.1) is 18.3 Å². The topological polar surface area (TPSA) is 115 Å². The Morgan fingerprint density at radius 3 is 2.43 bits per heavy atom. The highest BCUT2D eigenvalue weighted by Gasteiger charge is 2.20. The average molecular weight is 493 g/mol. The van der Waals surface area contributed by atoms with Crippen LogP contribution in [0.5, 0.6) is 17.2 Å². The molecule has 0 aliphatic heterocycles. The zero-order valence-corrected chi connectivity index (χ0v) is 20.3. The molecule has 0 saturated carbocycles. The third-order valence-corrected chi connectivity index (χ3v) is 6.02. The van der Waals surface area contributed by atoms with Crippen LogP contribution >= 0.6 is 0 Å². The van der Waals surface area contributed by atoms with Crippen molar-refractivity contribution >= 4 is 27.8 Å². The smallest absolute Gasteiger partial charge is 0.339 e. The van der Waals surface area contributed by atoms with Crippen molar-refractivity contribution in [3.8, 4) is 23.3 Å². The van der Waals surface area contributed by atoms with Gasteiger partial charge in [0.05, 0.1) is 13.7 Å². The molecule has 0 radical (unpaired) electrons. The molecule has 1 N–H and O–H groups in total. The number of carbonyl (C=O) groups is 1. The van der Waals surface area contributed by atoms with Gasteiger partial charge in [0.1, 0.15) is 22.3 Å². The van der Waals surface area contributed by atoms with E-state index in [0.29, 0.717) is 17.0 Å². The Morgan fingerprint density at radius 2 is 1.80 bits per heavy atom. The van der Waals surface area contributed by atoms with Gasteiger partial charge < -0.3 is 19.0 Å². The molecule has 8 nitrogen and oxygen atoms in total. The average Bonchev–Trinajstić information content (AvgIpc) is 2.84. The summed E-state index contributed by atoms with van der Waals surface area (Å²) in [5.74, 6) is 0.0607. The van der Waals surface area contributed by atoms with Gasteiger partial charge >= 0.3 is 10.1 Å². The summed E-state index contributed by atoms with van der Waals surface area (Å²) in [5, 5.41) is 12.2. The second-order valence-corrected chi connectivity index (χ2v) is 8.89. The van der Waals surface area contributed by atoms with Crippen LogP contribution in [-0.4, -0.2) is 28.0 Å². The summed E-state index contributed by atoms with van der Waals surface area (Å²) in [5.41, 5.74) is 1.86. The molecule has 0 aliphatic rings. The summed E-state index contributed by atoms with van der Waals surface area (Å²) in [4.78, 5) is 12.5. The molecule has 0 spiro atoms. The van der Waals surface area contributed by atoms with E-state index in [4.69, 9.17) is 13.7 Å². The Labute approximate surface area is 204 Å². The van der Waals surface area contributed by atoms with Crippen molar-refractivity contribution in [3.63, 3.8) is 0 Å². The summed E-state index contributed by atoms with van der Waals surface area (Å²) in [7, 11) is -2.66. The van der Waals surface area contributed by atoms with Crippen molar-refractivity contribution in [2.45, 2.75) is 18.7 Å². The largest absolute Gasteiger partial charge is 0.497 e. The van der Waals surface area contributed by atoms with E-state index < -0.39 is 16.0 Å². The predicted octanol–water partition coefficient (Wildman–Crippen LogP) is 4.72. The number of ether oxygens (including phenoxy) is 2. The van der Waals surface area contributed by atoms with Crippen LogP contribution in [0.1, 0.15) is 18.1 Å². The number of rotatable bonds is 9. The van der Waals surface area contributed by atoms with E-state index in [1.165, 1.54) is 55.7 Å². The third-order valence-electron chi connectivity index (χ3n) is 4.77. The van der Waals surface area contributed by atoms with Crippen LogP contribution in [0.3, 0.4) is 0 Å². The molecule has 0 unspecified atom stereocenters. The molecule has 0 bridgehead atoms. The Hall–Kier alpha value is -4.29. The maximum absolute atomic E-state index is 12.7. The van der Waals surface area contributed by atoms with E-state index in [-0.39, 0.29) is 28.6 Å². The van der Waals surface area contributed by atoms with E-state index in [1.807, 2.05) is 19.1 Å². The van der Waals surface area contributed by atoms with E-state index in [0.717, 1.165) is 5.56 Å². The highest BCUT2D eigenvalue weighted by Crippen LogP contribution is 2.32. The molecule has 0 atom stereocenters. The van der Waals surface area contributed by atoms with Crippen molar-refractivity contribution < 1.29 is 26.9 Å². The second kappa shape index (κ2) is 11.2. The lowest BCUT2D eigenvalue weighted by molar-refractivity contribution is -0.112. The zero-order valence-electron chi connectivity index (χ0n) is 19.4. The zero-order chi connectivity index (χ0) is 25.4. The minimum Gasteiger partial charge on any atom is -0.497 e.